The van der Waals surface area contributed by atoms with Gasteiger partial charge in [-0.2, -0.15) is 13.2 Å². The van der Waals surface area contributed by atoms with E-state index in [0.717, 1.165) is 17.0 Å². The van der Waals surface area contributed by atoms with E-state index in [-0.39, 0.29) is 24.3 Å². The summed E-state index contributed by atoms with van der Waals surface area (Å²) >= 11 is 11.5. The molecular weight excluding hydrogens is 470 g/mol. The second-order valence-electron chi connectivity index (χ2n) is 8.12. The van der Waals surface area contributed by atoms with E-state index in [0.29, 0.717) is 24.3 Å². The van der Waals surface area contributed by atoms with Gasteiger partial charge in [0.2, 0.25) is 5.91 Å². The van der Waals surface area contributed by atoms with Crippen LogP contribution in [0.3, 0.4) is 0 Å². The zero-order chi connectivity index (χ0) is 24.4. The third-order valence-electron chi connectivity index (χ3n) is 5.79. The molecule has 2 aromatic carbocycles. The highest BCUT2D eigenvalue weighted by molar-refractivity contribution is 6.30. The molecule has 3 atom stereocenters. The van der Waals surface area contributed by atoms with Gasteiger partial charge in [-0.3, -0.25) is 4.79 Å². The Hall–Kier alpha value is -1.98. The number of amides is 1. The molecule has 0 spiro atoms. The zero-order valence-electron chi connectivity index (χ0n) is 18.7. The quantitative estimate of drug-likeness (QED) is 0.349. The Morgan fingerprint density at radius 1 is 1.06 bits per heavy atom. The molecule has 1 saturated heterocycles. The Bertz CT molecular complexity index is 871. The molecule has 180 valence electrons. The molecule has 1 aliphatic rings. The number of carbonyl (C=O) groups is 1. The molecule has 1 aliphatic heterocycles. The van der Waals surface area contributed by atoms with E-state index in [2.05, 4.69) is 6.58 Å². The topological polar surface area (TPSA) is 20.3 Å². The van der Waals surface area contributed by atoms with Crippen molar-refractivity contribution in [3.63, 3.8) is 0 Å². The monoisotopic (exact) mass is 499 g/mol. The number of benzene rings is 2. The molecule has 0 aromatic heterocycles. The van der Waals surface area contributed by atoms with Crippen molar-refractivity contribution in [2.45, 2.75) is 63.7 Å². The Labute approximate surface area is 204 Å². The van der Waals surface area contributed by atoms with Crippen molar-refractivity contribution in [1.29, 1.82) is 0 Å². The van der Waals surface area contributed by atoms with Crippen molar-refractivity contribution in [1.82, 2.24) is 4.90 Å². The maximum absolute atomic E-state index is 13.1. The van der Waals surface area contributed by atoms with Gasteiger partial charge in [0, 0.05) is 28.4 Å². The van der Waals surface area contributed by atoms with Crippen molar-refractivity contribution < 1.29 is 18.0 Å². The minimum Gasteiger partial charge on any atom is -0.332 e. The van der Waals surface area contributed by atoms with E-state index in [4.69, 9.17) is 23.2 Å². The van der Waals surface area contributed by atoms with Gasteiger partial charge in [-0.05, 0) is 61.9 Å². The van der Waals surface area contributed by atoms with Gasteiger partial charge in [0.25, 0.3) is 0 Å². The fourth-order valence-corrected chi connectivity index (χ4v) is 4.41. The predicted octanol–water partition coefficient (Wildman–Crippen LogP) is 8.66. The van der Waals surface area contributed by atoms with Crippen molar-refractivity contribution in [2.24, 2.45) is 5.92 Å². The smallest absolute Gasteiger partial charge is 0.332 e. The van der Waals surface area contributed by atoms with E-state index >= 15 is 0 Å². The number of hydrogen-bond donors (Lipinski definition) is 0. The molecular formula is C26H30Cl2F3NO. The molecule has 1 fully saturated rings. The van der Waals surface area contributed by atoms with Crippen LogP contribution in [0.2, 0.25) is 10.0 Å². The SMILES string of the molecule is C=CCC1CCC(c2ccc(Cl)cc2)N(C(CC)CCC(F)(F)F)C1=O.Clc1ccccc1. The minimum atomic E-state index is -4.22. The lowest BCUT2D eigenvalue weighted by Gasteiger charge is -2.44. The number of rotatable bonds is 7. The Kier molecular flexibility index (Phi) is 10.8. The number of halogens is 5. The summed E-state index contributed by atoms with van der Waals surface area (Å²) < 4.78 is 38.2. The van der Waals surface area contributed by atoms with Crippen molar-refractivity contribution in [3.8, 4) is 0 Å². The summed E-state index contributed by atoms with van der Waals surface area (Å²) in [6.07, 6.45) is -0.974. The Balaban J connectivity index is 0.000000468. The first kappa shape index (κ1) is 27.3. The van der Waals surface area contributed by atoms with Gasteiger partial charge in [0.1, 0.15) is 0 Å². The molecule has 0 bridgehead atoms. The lowest BCUT2D eigenvalue weighted by atomic mass is 9.84. The highest BCUT2D eigenvalue weighted by Crippen LogP contribution is 2.39. The lowest BCUT2D eigenvalue weighted by molar-refractivity contribution is -0.152. The Morgan fingerprint density at radius 3 is 2.15 bits per heavy atom. The molecule has 3 unspecified atom stereocenters. The summed E-state index contributed by atoms with van der Waals surface area (Å²) in [5, 5.41) is 1.39. The fraction of sp³-hybridized carbons (Fsp3) is 0.423. The Morgan fingerprint density at radius 2 is 1.67 bits per heavy atom. The third kappa shape index (κ3) is 8.71. The standard InChI is InChI=1S/C20H25ClF3NO.C6H5Cl/c1-3-5-15-8-11-18(14-6-9-16(21)10-7-14)25(19(15)26)17(4-2)12-13-20(22,23)24;7-6-4-2-1-3-5-6/h3,6-7,9-10,15,17-18H,1,4-5,8,11-13H2,2H3;1-5H. The lowest BCUT2D eigenvalue weighted by Crippen LogP contribution is -2.49. The molecule has 33 heavy (non-hydrogen) atoms. The predicted molar refractivity (Wildman–Crippen MR) is 129 cm³/mol. The highest BCUT2D eigenvalue weighted by Gasteiger charge is 2.40. The summed E-state index contributed by atoms with van der Waals surface area (Å²) in [6.45, 7) is 5.54. The fourth-order valence-electron chi connectivity index (χ4n) is 4.14. The van der Waals surface area contributed by atoms with Gasteiger partial charge in [-0.25, -0.2) is 0 Å². The second-order valence-corrected chi connectivity index (χ2v) is 9.00. The number of piperidine rings is 1. The number of likely N-dealkylation sites (tertiary alicyclic amines) is 1. The average molecular weight is 500 g/mol. The van der Waals surface area contributed by atoms with Gasteiger partial charge in [0.05, 0.1) is 6.04 Å². The van der Waals surface area contributed by atoms with Crippen LogP contribution in [-0.4, -0.2) is 23.0 Å². The van der Waals surface area contributed by atoms with Gasteiger partial charge in [0.15, 0.2) is 0 Å². The molecule has 1 amide bonds. The third-order valence-corrected chi connectivity index (χ3v) is 6.30. The van der Waals surface area contributed by atoms with Gasteiger partial charge in [-0.1, -0.05) is 66.5 Å². The van der Waals surface area contributed by atoms with E-state index in [9.17, 15) is 18.0 Å². The molecule has 2 aromatic rings. The van der Waals surface area contributed by atoms with Crippen molar-refractivity contribution >= 4 is 29.1 Å². The normalized spacial score (nSPS) is 19.5. The molecule has 0 aliphatic carbocycles. The largest absolute Gasteiger partial charge is 0.389 e. The summed E-state index contributed by atoms with van der Waals surface area (Å²) in [5.74, 6) is -0.263. The summed E-state index contributed by atoms with van der Waals surface area (Å²) in [7, 11) is 0. The summed E-state index contributed by atoms with van der Waals surface area (Å²) in [4.78, 5) is 14.8. The summed E-state index contributed by atoms with van der Waals surface area (Å²) in [5.41, 5.74) is 0.922. The number of allylic oxidation sites excluding steroid dienone is 1. The van der Waals surface area contributed by atoms with Gasteiger partial charge >= 0.3 is 6.18 Å². The van der Waals surface area contributed by atoms with E-state index in [1.165, 1.54) is 0 Å². The molecule has 2 nitrogen and oxygen atoms in total. The second kappa shape index (κ2) is 13.0. The average Bonchev–Trinajstić information content (AvgIpc) is 2.77. The summed E-state index contributed by atoms with van der Waals surface area (Å²) in [6, 6.07) is 16.0. The number of carbonyl (C=O) groups excluding carboxylic acids is 1. The van der Waals surface area contributed by atoms with Crippen LogP contribution in [0.15, 0.2) is 67.3 Å². The van der Waals surface area contributed by atoms with Crippen LogP contribution in [-0.2, 0) is 4.79 Å². The van der Waals surface area contributed by atoms with Gasteiger partial charge < -0.3 is 4.90 Å². The van der Waals surface area contributed by atoms with Crippen LogP contribution in [0.5, 0.6) is 0 Å². The zero-order valence-corrected chi connectivity index (χ0v) is 20.2. The van der Waals surface area contributed by atoms with Crippen molar-refractivity contribution in [2.75, 3.05) is 0 Å². The van der Waals surface area contributed by atoms with Crippen LogP contribution in [0.4, 0.5) is 13.2 Å². The first-order chi connectivity index (χ1) is 15.7. The molecule has 0 N–H and O–H groups in total. The van der Waals surface area contributed by atoms with Gasteiger partial charge in [-0.15, -0.1) is 6.58 Å². The number of alkyl halides is 3. The first-order valence-electron chi connectivity index (χ1n) is 11.1. The van der Waals surface area contributed by atoms with Crippen molar-refractivity contribution in [3.05, 3.63) is 82.9 Å². The van der Waals surface area contributed by atoms with Crippen LogP contribution < -0.4 is 0 Å². The van der Waals surface area contributed by atoms with E-state index in [1.54, 1.807) is 23.1 Å². The molecule has 3 rings (SSSR count). The van der Waals surface area contributed by atoms with E-state index in [1.807, 2.05) is 49.4 Å². The molecule has 7 heteroatoms. The molecule has 0 radical (unpaired) electrons. The minimum absolute atomic E-state index is 0.0647. The maximum atomic E-state index is 13.1. The van der Waals surface area contributed by atoms with E-state index < -0.39 is 18.6 Å². The molecule has 1 heterocycles. The first-order valence-corrected chi connectivity index (χ1v) is 11.9. The van der Waals surface area contributed by atoms with Crippen LogP contribution >= 0.6 is 23.2 Å². The van der Waals surface area contributed by atoms with Crippen LogP contribution in [0.1, 0.15) is 57.1 Å². The highest BCUT2D eigenvalue weighted by atomic mass is 35.5. The number of nitrogens with zero attached hydrogens (tertiary/aromatic N) is 1. The molecule has 0 saturated carbocycles. The van der Waals surface area contributed by atoms with Crippen LogP contribution in [0.25, 0.3) is 0 Å². The number of hydrogen-bond acceptors (Lipinski definition) is 1. The maximum Gasteiger partial charge on any atom is 0.389 e. The van der Waals surface area contributed by atoms with Crippen LogP contribution in [0, 0.1) is 5.92 Å².